The standard InChI is InChI=1S/C20H20N2O3/c1-21-19(23)18-12-22(16-7-2-3-8-17(16)25-18)20(24)15-10-9-13-5-4-6-14(13)11-15/h2-3,7-11,18H,4-6,12H2,1H3,(H,21,23)/t18-/m0/s1. The van der Waals surface area contributed by atoms with Gasteiger partial charge in [-0.2, -0.15) is 0 Å². The summed E-state index contributed by atoms with van der Waals surface area (Å²) in [5.41, 5.74) is 3.96. The largest absolute Gasteiger partial charge is 0.477 e. The number of fused-ring (bicyclic) bond motifs is 2. The number of likely N-dealkylation sites (N-methyl/N-ethyl adjacent to an activating group) is 1. The minimum absolute atomic E-state index is 0.0978. The van der Waals surface area contributed by atoms with Gasteiger partial charge < -0.3 is 15.0 Å². The molecule has 1 aliphatic carbocycles. The quantitative estimate of drug-likeness (QED) is 0.916. The topological polar surface area (TPSA) is 58.6 Å². The third-order valence-corrected chi connectivity index (χ3v) is 4.90. The summed E-state index contributed by atoms with van der Waals surface area (Å²) in [5.74, 6) is 0.220. The number of nitrogens with one attached hydrogen (secondary N) is 1. The molecule has 2 amide bonds. The third-order valence-electron chi connectivity index (χ3n) is 4.90. The van der Waals surface area contributed by atoms with Crippen molar-refractivity contribution in [3.8, 4) is 5.75 Å². The number of benzene rings is 2. The SMILES string of the molecule is CNC(=O)[C@@H]1CN(C(=O)c2ccc3c(c2)CCC3)c2ccccc2O1. The van der Waals surface area contributed by atoms with Gasteiger partial charge >= 0.3 is 0 Å². The van der Waals surface area contributed by atoms with Gasteiger partial charge in [0.1, 0.15) is 5.75 Å². The number of anilines is 1. The Hall–Kier alpha value is -2.82. The Morgan fingerprint density at radius 1 is 1.12 bits per heavy atom. The van der Waals surface area contributed by atoms with Gasteiger partial charge in [-0.1, -0.05) is 18.2 Å². The van der Waals surface area contributed by atoms with Gasteiger partial charge in [-0.25, -0.2) is 0 Å². The van der Waals surface area contributed by atoms with Crippen LogP contribution in [0.4, 0.5) is 5.69 Å². The number of amides is 2. The Labute approximate surface area is 146 Å². The van der Waals surface area contributed by atoms with Crippen molar-refractivity contribution in [2.75, 3.05) is 18.5 Å². The number of hydrogen-bond donors (Lipinski definition) is 1. The maximum Gasteiger partial charge on any atom is 0.262 e. The summed E-state index contributed by atoms with van der Waals surface area (Å²) in [4.78, 5) is 26.9. The van der Waals surface area contributed by atoms with Crippen molar-refractivity contribution in [2.24, 2.45) is 0 Å². The van der Waals surface area contributed by atoms with Crippen molar-refractivity contribution < 1.29 is 14.3 Å². The second-order valence-corrected chi connectivity index (χ2v) is 6.44. The molecule has 128 valence electrons. The van der Waals surface area contributed by atoms with Gasteiger partial charge in [-0.3, -0.25) is 9.59 Å². The van der Waals surface area contributed by atoms with Gasteiger partial charge in [0, 0.05) is 12.6 Å². The average Bonchev–Trinajstić information content (AvgIpc) is 3.13. The molecule has 1 heterocycles. The number of hydrogen-bond acceptors (Lipinski definition) is 3. The Balaban J connectivity index is 1.70. The lowest BCUT2D eigenvalue weighted by atomic mass is 10.0. The Kier molecular flexibility index (Phi) is 3.92. The molecule has 0 saturated heterocycles. The maximum atomic E-state index is 13.2. The van der Waals surface area contributed by atoms with Crippen molar-refractivity contribution in [1.82, 2.24) is 5.32 Å². The number of para-hydroxylation sites is 2. The predicted octanol–water partition coefficient (Wildman–Crippen LogP) is 2.33. The number of ether oxygens (including phenoxy) is 1. The molecule has 1 atom stereocenters. The van der Waals surface area contributed by atoms with E-state index in [-0.39, 0.29) is 18.4 Å². The molecule has 1 aliphatic heterocycles. The van der Waals surface area contributed by atoms with Crippen LogP contribution in [-0.2, 0) is 17.6 Å². The summed E-state index contributed by atoms with van der Waals surface area (Å²) in [6, 6.07) is 13.3. The van der Waals surface area contributed by atoms with E-state index in [4.69, 9.17) is 4.74 Å². The molecular formula is C20H20N2O3. The van der Waals surface area contributed by atoms with Gasteiger partial charge in [-0.15, -0.1) is 0 Å². The van der Waals surface area contributed by atoms with Crippen molar-refractivity contribution in [3.05, 3.63) is 59.2 Å². The molecule has 2 aliphatic rings. The molecule has 4 rings (SSSR count). The highest BCUT2D eigenvalue weighted by Crippen LogP contribution is 2.34. The van der Waals surface area contributed by atoms with Crippen LogP contribution in [0.5, 0.6) is 5.75 Å². The van der Waals surface area contributed by atoms with E-state index in [1.54, 1.807) is 18.0 Å². The zero-order chi connectivity index (χ0) is 17.4. The second kappa shape index (κ2) is 6.24. The minimum Gasteiger partial charge on any atom is -0.477 e. The maximum absolute atomic E-state index is 13.2. The average molecular weight is 336 g/mol. The monoisotopic (exact) mass is 336 g/mol. The zero-order valence-electron chi connectivity index (χ0n) is 14.1. The van der Waals surface area contributed by atoms with E-state index in [2.05, 4.69) is 11.4 Å². The lowest BCUT2D eigenvalue weighted by Gasteiger charge is -2.34. The predicted molar refractivity (Wildman–Crippen MR) is 95.1 cm³/mol. The van der Waals surface area contributed by atoms with Crippen molar-refractivity contribution in [2.45, 2.75) is 25.4 Å². The second-order valence-electron chi connectivity index (χ2n) is 6.44. The lowest BCUT2D eigenvalue weighted by Crippen LogP contribution is -2.50. The third kappa shape index (κ3) is 2.76. The molecule has 0 saturated carbocycles. The van der Waals surface area contributed by atoms with Crippen molar-refractivity contribution >= 4 is 17.5 Å². The number of aryl methyl sites for hydroxylation is 2. The van der Waals surface area contributed by atoms with E-state index in [1.807, 2.05) is 30.3 Å². The molecule has 0 spiro atoms. The van der Waals surface area contributed by atoms with E-state index in [9.17, 15) is 9.59 Å². The molecule has 0 aromatic heterocycles. The van der Waals surface area contributed by atoms with Crippen molar-refractivity contribution in [3.63, 3.8) is 0 Å². The first-order valence-electron chi connectivity index (χ1n) is 8.58. The van der Waals surface area contributed by atoms with E-state index < -0.39 is 6.10 Å². The van der Waals surface area contributed by atoms with Crippen LogP contribution in [0.15, 0.2) is 42.5 Å². The molecule has 0 fully saturated rings. The van der Waals surface area contributed by atoms with Crippen LogP contribution in [0.2, 0.25) is 0 Å². The van der Waals surface area contributed by atoms with Crippen LogP contribution in [-0.4, -0.2) is 31.5 Å². The van der Waals surface area contributed by atoms with Gasteiger partial charge in [0.15, 0.2) is 6.10 Å². The fourth-order valence-corrected chi connectivity index (χ4v) is 3.58. The molecule has 25 heavy (non-hydrogen) atoms. The summed E-state index contributed by atoms with van der Waals surface area (Å²) in [5, 5.41) is 2.60. The van der Waals surface area contributed by atoms with Crippen LogP contribution in [0.25, 0.3) is 0 Å². The molecule has 2 aromatic rings. The summed E-state index contributed by atoms with van der Waals surface area (Å²) in [6.07, 6.45) is 2.55. The molecule has 5 heteroatoms. The summed E-state index contributed by atoms with van der Waals surface area (Å²) >= 11 is 0. The Bertz CT molecular complexity index is 847. The van der Waals surface area contributed by atoms with Crippen LogP contribution in [0, 0.1) is 0 Å². The highest BCUT2D eigenvalue weighted by atomic mass is 16.5. The van der Waals surface area contributed by atoms with Gasteiger partial charge in [0.05, 0.1) is 12.2 Å². The van der Waals surface area contributed by atoms with Gasteiger partial charge in [0.25, 0.3) is 11.8 Å². The van der Waals surface area contributed by atoms with Crippen LogP contribution in [0.3, 0.4) is 0 Å². The normalized spacial score (nSPS) is 18.1. The summed E-state index contributed by atoms with van der Waals surface area (Å²) < 4.78 is 5.77. The molecule has 5 nitrogen and oxygen atoms in total. The Morgan fingerprint density at radius 3 is 2.76 bits per heavy atom. The highest BCUT2D eigenvalue weighted by Gasteiger charge is 2.34. The highest BCUT2D eigenvalue weighted by molar-refractivity contribution is 6.08. The van der Waals surface area contributed by atoms with Crippen LogP contribution in [0.1, 0.15) is 27.9 Å². The van der Waals surface area contributed by atoms with Crippen LogP contribution >= 0.6 is 0 Å². The molecule has 0 radical (unpaired) electrons. The first-order chi connectivity index (χ1) is 12.2. The minimum atomic E-state index is -0.710. The van der Waals surface area contributed by atoms with Crippen molar-refractivity contribution in [1.29, 1.82) is 0 Å². The number of carbonyl (C=O) groups is 2. The Morgan fingerprint density at radius 2 is 1.92 bits per heavy atom. The van der Waals surface area contributed by atoms with Gasteiger partial charge in [-0.05, 0) is 54.7 Å². The fourth-order valence-electron chi connectivity index (χ4n) is 3.58. The van der Waals surface area contributed by atoms with E-state index >= 15 is 0 Å². The first kappa shape index (κ1) is 15.7. The number of nitrogens with zero attached hydrogens (tertiary/aromatic N) is 1. The van der Waals surface area contributed by atoms with E-state index in [0.29, 0.717) is 17.0 Å². The lowest BCUT2D eigenvalue weighted by molar-refractivity contribution is -0.127. The molecule has 1 N–H and O–H groups in total. The fraction of sp³-hybridized carbons (Fsp3) is 0.300. The summed E-state index contributed by atoms with van der Waals surface area (Å²) in [6.45, 7) is 0.201. The zero-order valence-corrected chi connectivity index (χ0v) is 14.1. The molecule has 0 bridgehead atoms. The number of rotatable bonds is 2. The first-order valence-corrected chi connectivity index (χ1v) is 8.58. The van der Waals surface area contributed by atoms with Gasteiger partial charge in [0.2, 0.25) is 0 Å². The molecular weight excluding hydrogens is 316 g/mol. The van der Waals surface area contributed by atoms with E-state index in [0.717, 1.165) is 19.3 Å². The smallest absolute Gasteiger partial charge is 0.262 e. The summed E-state index contributed by atoms with van der Waals surface area (Å²) in [7, 11) is 1.57. The molecule has 0 unspecified atom stereocenters. The van der Waals surface area contributed by atoms with Crippen LogP contribution < -0.4 is 15.0 Å². The number of carbonyl (C=O) groups excluding carboxylic acids is 2. The molecule has 2 aromatic carbocycles. The van der Waals surface area contributed by atoms with E-state index in [1.165, 1.54) is 11.1 Å².